The van der Waals surface area contributed by atoms with E-state index < -0.39 is 5.97 Å². The van der Waals surface area contributed by atoms with Crippen molar-refractivity contribution in [1.29, 1.82) is 0 Å². The Morgan fingerprint density at radius 1 is 1.40 bits per heavy atom. The molecule has 1 amide bonds. The van der Waals surface area contributed by atoms with E-state index in [1.54, 1.807) is 24.1 Å². The Morgan fingerprint density at radius 3 is 2.60 bits per heavy atom. The normalized spacial score (nSPS) is 12.4. The van der Waals surface area contributed by atoms with Gasteiger partial charge in [-0.1, -0.05) is 19.1 Å². The predicted molar refractivity (Wildman–Crippen MR) is 79.7 cm³/mol. The maximum Gasteiger partial charge on any atom is 0.328 e. The van der Waals surface area contributed by atoms with Crippen molar-refractivity contribution in [2.45, 2.75) is 33.2 Å². The SMILES string of the molecule is CCC(C)N(C)C(=O)c1cc(C=CC(=O)O)ccc1C. The molecule has 1 atom stereocenters. The number of hydrogen-bond donors (Lipinski definition) is 1. The van der Waals surface area contributed by atoms with E-state index in [1.807, 2.05) is 26.8 Å². The van der Waals surface area contributed by atoms with E-state index in [0.29, 0.717) is 11.1 Å². The molecule has 0 fully saturated rings. The van der Waals surface area contributed by atoms with Crippen LogP contribution in [0.3, 0.4) is 0 Å². The summed E-state index contributed by atoms with van der Waals surface area (Å²) in [5.41, 5.74) is 2.21. The van der Waals surface area contributed by atoms with Crippen molar-refractivity contribution in [2.75, 3.05) is 7.05 Å². The zero-order valence-electron chi connectivity index (χ0n) is 12.4. The molecule has 1 N–H and O–H groups in total. The van der Waals surface area contributed by atoms with Gasteiger partial charge in [0.1, 0.15) is 0 Å². The van der Waals surface area contributed by atoms with Crippen LogP contribution in [0.4, 0.5) is 0 Å². The number of aliphatic carboxylic acids is 1. The highest BCUT2D eigenvalue weighted by atomic mass is 16.4. The fraction of sp³-hybridized carbons (Fsp3) is 0.375. The van der Waals surface area contributed by atoms with E-state index in [2.05, 4.69) is 0 Å². The van der Waals surface area contributed by atoms with Gasteiger partial charge in [0, 0.05) is 24.7 Å². The van der Waals surface area contributed by atoms with Crippen LogP contribution in [0.1, 0.15) is 41.8 Å². The lowest BCUT2D eigenvalue weighted by atomic mass is 10.0. The van der Waals surface area contributed by atoms with Crippen LogP contribution < -0.4 is 0 Å². The molecule has 1 aromatic rings. The maximum absolute atomic E-state index is 12.4. The summed E-state index contributed by atoms with van der Waals surface area (Å²) in [6.07, 6.45) is 3.44. The molecule has 0 aliphatic heterocycles. The zero-order chi connectivity index (χ0) is 15.3. The standard InChI is InChI=1S/C16H21NO3/c1-5-12(3)17(4)16(20)14-10-13(7-6-11(14)2)8-9-15(18)19/h6-10,12H,5H2,1-4H3,(H,18,19). The zero-order valence-corrected chi connectivity index (χ0v) is 12.4. The Hall–Kier alpha value is -2.10. The topological polar surface area (TPSA) is 57.6 Å². The molecule has 1 aromatic carbocycles. The van der Waals surface area contributed by atoms with Crippen LogP contribution in [0.25, 0.3) is 6.08 Å². The minimum atomic E-state index is -1.00. The van der Waals surface area contributed by atoms with Crippen LogP contribution in [0.2, 0.25) is 0 Å². The summed E-state index contributed by atoms with van der Waals surface area (Å²) in [6.45, 7) is 5.91. The molecule has 20 heavy (non-hydrogen) atoms. The fourth-order valence-corrected chi connectivity index (χ4v) is 1.81. The molecule has 0 saturated carbocycles. The van der Waals surface area contributed by atoms with Crippen LogP contribution in [0, 0.1) is 6.92 Å². The van der Waals surface area contributed by atoms with E-state index in [1.165, 1.54) is 6.08 Å². The molecule has 1 unspecified atom stereocenters. The first kappa shape index (κ1) is 16.0. The lowest BCUT2D eigenvalue weighted by Gasteiger charge is -2.24. The van der Waals surface area contributed by atoms with Gasteiger partial charge in [-0.25, -0.2) is 4.79 Å². The van der Waals surface area contributed by atoms with Crippen molar-refractivity contribution >= 4 is 18.0 Å². The summed E-state index contributed by atoms with van der Waals surface area (Å²) in [7, 11) is 1.79. The van der Waals surface area contributed by atoms with Gasteiger partial charge in [-0.05, 0) is 43.5 Å². The molecule has 1 rings (SSSR count). The summed E-state index contributed by atoms with van der Waals surface area (Å²) < 4.78 is 0. The van der Waals surface area contributed by atoms with Gasteiger partial charge in [0.15, 0.2) is 0 Å². The number of carbonyl (C=O) groups is 2. The van der Waals surface area contributed by atoms with Crippen molar-refractivity contribution in [1.82, 2.24) is 4.90 Å². The summed E-state index contributed by atoms with van der Waals surface area (Å²) >= 11 is 0. The summed E-state index contributed by atoms with van der Waals surface area (Å²) in [5, 5.41) is 8.64. The molecule has 0 heterocycles. The molecular weight excluding hydrogens is 254 g/mol. The maximum atomic E-state index is 12.4. The predicted octanol–water partition coefficient (Wildman–Crippen LogP) is 2.96. The minimum absolute atomic E-state index is 0.0394. The van der Waals surface area contributed by atoms with Crippen molar-refractivity contribution in [3.63, 3.8) is 0 Å². The molecule has 0 saturated heterocycles. The second kappa shape index (κ2) is 6.89. The first-order valence-corrected chi connectivity index (χ1v) is 6.65. The molecule has 108 valence electrons. The highest BCUT2D eigenvalue weighted by molar-refractivity contribution is 5.96. The number of benzene rings is 1. The van der Waals surface area contributed by atoms with E-state index in [0.717, 1.165) is 18.1 Å². The molecule has 0 spiro atoms. The number of carboxylic acid groups (broad SMARTS) is 1. The van der Waals surface area contributed by atoms with Crippen molar-refractivity contribution in [3.05, 3.63) is 41.0 Å². The number of rotatable bonds is 5. The third-order valence-electron chi connectivity index (χ3n) is 3.48. The van der Waals surface area contributed by atoms with Crippen LogP contribution in [-0.4, -0.2) is 35.0 Å². The third kappa shape index (κ3) is 3.95. The second-order valence-corrected chi connectivity index (χ2v) is 4.92. The quantitative estimate of drug-likeness (QED) is 0.840. The van der Waals surface area contributed by atoms with Gasteiger partial charge in [0.2, 0.25) is 0 Å². The van der Waals surface area contributed by atoms with Gasteiger partial charge in [0.25, 0.3) is 5.91 Å². The van der Waals surface area contributed by atoms with E-state index >= 15 is 0 Å². The van der Waals surface area contributed by atoms with Crippen LogP contribution in [0.15, 0.2) is 24.3 Å². The molecule has 0 aromatic heterocycles. The Kier molecular flexibility index (Phi) is 5.50. The Bertz CT molecular complexity index is 535. The van der Waals surface area contributed by atoms with E-state index in [-0.39, 0.29) is 11.9 Å². The number of hydrogen-bond acceptors (Lipinski definition) is 2. The first-order valence-electron chi connectivity index (χ1n) is 6.65. The highest BCUT2D eigenvalue weighted by Crippen LogP contribution is 2.16. The summed E-state index contributed by atoms with van der Waals surface area (Å²) in [5.74, 6) is -1.04. The average Bonchev–Trinajstić information content (AvgIpc) is 2.43. The molecule has 0 aliphatic carbocycles. The lowest BCUT2D eigenvalue weighted by molar-refractivity contribution is -0.131. The van der Waals surface area contributed by atoms with Gasteiger partial charge < -0.3 is 10.0 Å². The van der Waals surface area contributed by atoms with E-state index in [4.69, 9.17) is 5.11 Å². The lowest BCUT2D eigenvalue weighted by Crippen LogP contribution is -2.35. The number of carbonyl (C=O) groups excluding carboxylic acids is 1. The second-order valence-electron chi connectivity index (χ2n) is 4.92. The van der Waals surface area contributed by atoms with Crippen molar-refractivity contribution in [3.8, 4) is 0 Å². The smallest absolute Gasteiger partial charge is 0.328 e. The molecule has 4 heteroatoms. The van der Waals surface area contributed by atoms with Gasteiger partial charge in [0.05, 0.1) is 0 Å². The van der Waals surface area contributed by atoms with Crippen LogP contribution >= 0.6 is 0 Å². The van der Waals surface area contributed by atoms with Crippen molar-refractivity contribution in [2.24, 2.45) is 0 Å². The molecule has 0 bridgehead atoms. The largest absolute Gasteiger partial charge is 0.478 e. The third-order valence-corrected chi connectivity index (χ3v) is 3.48. The van der Waals surface area contributed by atoms with E-state index in [9.17, 15) is 9.59 Å². The molecule has 0 radical (unpaired) electrons. The number of carboxylic acids is 1. The van der Waals surface area contributed by atoms with Gasteiger partial charge in [-0.15, -0.1) is 0 Å². The molecular formula is C16H21NO3. The number of amides is 1. The monoisotopic (exact) mass is 275 g/mol. The highest BCUT2D eigenvalue weighted by Gasteiger charge is 2.18. The summed E-state index contributed by atoms with van der Waals surface area (Å²) in [4.78, 5) is 24.7. The average molecular weight is 275 g/mol. The molecule has 0 aliphatic rings. The van der Waals surface area contributed by atoms with Crippen molar-refractivity contribution < 1.29 is 14.7 Å². The Balaban J connectivity index is 3.08. The van der Waals surface area contributed by atoms with Crippen LogP contribution in [-0.2, 0) is 4.79 Å². The van der Waals surface area contributed by atoms with Gasteiger partial charge in [-0.3, -0.25) is 4.79 Å². The van der Waals surface area contributed by atoms with Crippen LogP contribution in [0.5, 0.6) is 0 Å². The number of nitrogens with zero attached hydrogens (tertiary/aromatic N) is 1. The Morgan fingerprint density at radius 2 is 2.05 bits per heavy atom. The fourth-order valence-electron chi connectivity index (χ4n) is 1.81. The van der Waals surface area contributed by atoms with Gasteiger partial charge in [-0.2, -0.15) is 0 Å². The summed E-state index contributed by atoms with van der Waals surface area (Å²) in [6, 6.07) is 5.53. The first-order chi connectivity index (χ1) is 9.36. The van der Waals surface area contributed by atoms with Gasteiger partial charge >= 0.3 is 5.97 Å². The Labute approximate surface area is 119 Å². The minimum Gasteiger partial charge on any atom is -0.478 e. The number of aryl methyl sites for hydroxylation is 1. The molecule has 4 nitrogen and oxygen atoms in total.